The fourth-order valence-corrected chi connectivity index (χ4v) is 1.70. The SMILES string of the molecule is O=Cc1cc(F)cc(-c2ccc(OC(F)(F)F)cc2)c1. The summed E-state index contributed by atoms with van der Waals surface area (Å²) in [6.45, 7) is 0. The highest BCUT2D eigenvalue weighted by atomic mass is 19.4. The number of carbonyl (C=O) groups excluding carboxylic acids is 1. The third-order valence-electron chi connectivity index (χ3n) is 2.48. The van der Waals surface area contributed by atoms with Gasteiger partial charge in [-0.2, -0.15) is 0 Å². The summed E-state index contributed by atoms with van der Waals surface area (Å²) in [5.41, 5.74) is 1.02. The molecule has 104 valence electrons. The first-order valence-electron chi connectivity index (χ1n) is 5.49. The highest BCUT2D eigenvalue weighted by molar-refractivity contribution is 5.79. The first-order valence-corrected chi connectivity index (χ1v) is 5.49. The zero-order valence-electron chi connectivity index (χ0n) is 9.95. The summed E-state index contributed by atoms with van der Waals surface area (Å²) in [4.78, 5) is 10.6. The van der Waals surface area contributed by atoms with Gasteiger partial charge in [-0.1, -0.05) is 12.1 Å². The molecule has 0 spiro atoms. The number of carbonyl (C=O) groups is 1. The summed E-state index contributed by atoms with van der Waals surface area (Å²) >= 11 is 0. The minimum absolute atomic E-state index is 0.149. The number of halogens is 4. The van der Waals surface area contributed by atoms with E-state index in [2.05, 4.69) is 4.74 Å². The largest absolute Gasteiger partial charge is 0.573 e. The van der Waals surface area contributed by atoms with Crippen LogP contribution < -0.4 is 4.74 Å². The van der Waals surface area contributed by atoms with E-state index < -0.39 is 12.2 Å². The maximum atomic E-state index is 13.3. The number of ether oxygens (including phenoxy) is 1. The smallest absolute Gasteiger partial charge is 0.406 e. The van der Waals surface area contributed by atoms with Gasteiger partial charge in [0.25, 0.3) is 0 Å². The van der Waals surface area contributed by atoms with Gasteiger partial charge in [0, 0.05) is 5.56 Å². The zero-order valence-corrected chi connectivity index (χ0v) is 9.95. The average Bonchev–Trinajstić information content (AvgIpc) is 2.37. The molecule has 0 atom stereocenters. The number of aldehydes is 1. The van der Waals surface area contributed by atoms with Crippen molar-refractivity contribution >= 4 is 6.29 Å². The second kappa shape index (κ2) is 5.32. The van der Waals surface area contributed by atoms with Crippen molar-refractivity contribution in [3.63, 3.8) is 0 Å². The lowest BCUT2D eigenvalue weighted by Crippen LogP contribution is -2.16. The minimum atomic E-state index is -4.76. The molecule has 0 aliphatic heterocycles. The van der Waals surface area contributed by atoms with Gasteiger partial charge in [0.05, 0.1) is 0 Å². The van der Waals surface area contributed by atoms with E-state index in [0.717, 1.165) is 18.2 Å². The van der Waals surface area contributed by atoms with Crippen LogP contribution in [0.15, 0.2) is 42.5 Å². The van der Waals surface area contributed by atoms with E-state index in [9.17, 15) is 22.4 Å². The molecule has 0 saturated heterocycles. The second-order valence-electron chi connectivity index (χ2n) is 3.96. The zero-order chi connectivity index (χ0) is 14.8. The van der Waals surface area contributed by atoms with Gasteiger partial charge in [0.1, 0.15) is 17.9 Å². The summed E-state index contributed by atoms with van der Waals surface area (Å²) in [6, 6.07) is 8.64. The van der Waals surface area contributed by atoms with Crippen LogP contribution in [0.5, 0.6) is 5.75 Å². The summed E-state index contributed by atoms with van der Waals surface area (Å²) in [6.07, 6.45) is -4.27. The van der Waals surface area contributed by atoms with Crippen LogP contribution in [0.4, 0.5) is 17.6 Å². The van der Waals surface area contributed by atoms with Crippen LogP contribution in [0.2, 0.25) is 0 Å². The topological polar surface area (TPSA) is 26.3 Å². The summed E-state index contributed by atoms with van der Waals surface area (Å²) < 4.78 is 53.0. The van der Waals surface area contributed by atoms with Crippen LogP contribution in [0, 0.1) is 5.82 Å². The van der Waals surface area contributed by atoms with Gasteiger partial charge < -0.3 is 4.74 Å². The molecule has 0 N–H and O–H groups in total. The minimum Gasteiger partial charge on any atom is -0.406 e. The quantitative estimate of drug-likeness (QED) is 0.623. The molecular formula is C14H8F4O2. The van der Waals surface area contributed by atoms with Crippen LogP contribution >= 0.6 is 0 Å². The van der Waals surface area contributed by atoms with Crippen LogP contribution in [-0.2, 0) is 0 Å². The molecule has 20 heavy (non-hydrogen) atoms. The van der Waals surface area contributed by atoms with Gasteiger partial charge in [-0.05, 0) is 41.5 Å². The molecule has 0 aliphatic carbocycles. The fourth-order valence-electron chi connectivity index (χ4n) is 1.70. The molecule has 0 fully saturated rings. The van der Waals surface area contributed by atoms with E-state index in [0.29, 0.717) is 17.4 Å². The van der Waals surface area contributed by atoms with E-state index in [4.69, 9.17) is 0 Å². The van der Waals surface area contributed by atoms with Crippen LogP contribution in [0.25, 0.3) is 11.1 Å². The molecule has 0 radical (unpaired) electrons. The van der Waals surface area contributed by atoms with Crippen molar-refractivity contribution < 1.29 is 27.1 Å². The third kappa shape index (κ3) is 3.57. The Hall–Kier alpha value is -2.37. The Kier molecular flexibility index (Phi) is 3.74. The number of hydrogen-bond donors (Lipinski definition) is 0. The van der Waals surface area contributed by atoms with Gasteiger partial charge in [0.2, 0.25) is 0 Å². The summed E-state index contributed by atoms with van der Waals surface area (Å²) in [7, 11) is 0. The second-order valence-corrected chi connectivity index (χ2v) is 3.96. The molecule has 0 unspecified atom stereocenters. The first-order chi connectivity index (χ1) is 9.37. The normalized spacial score (nSPS) is 11.2. The van der Waals surface area contributed by atoms with Gasteiger partial charge in [0.15, 0.2) is 0 Å². The van der Waals surface area contributed by atoms with Gasteiger partial charge >= 0.3 is 6.36 Å². The molecule has 0 aliphatic rings. The maximum absolute atomic E-state index is 13.3. The lowest BCUT2D eigenvalue weighted by molar-refractivity contribution is -0.274. The molecule has 0 saturated carbocycles. The monoisotopic (exact) mass is 284 g/mol. The number of alkyl halides is 3. The van der Waals surface area contributed by atoms with Crippen molar-refractivity contribution in [2.75, 3.05) is 0 Å². The molecule has 2 nitrogen and oxygen atoms in total. The van der Waals surface area contributed by atoms with Gasteiger partial charge in [-0.15, -0.1) is 13.2 Å². The molecule has 0 heterocycles. The molecule has 0 bridgehead atoms. The molecule has 6 heteroatoms. The molecule has 2 aromatic rings. The Morgan fingerprint density at radius 3 is 2.15 bits per heavy atom. The molecule has 2 aromatic carbocycles. The lowest BCUT2D eigenvalue weighted by Gasteiger charge is -2.09. The summed E-state index contributed by atoms with van der Waals surface area (Å²) in [5, 5.41) is 0. The van der Waals surface area contributed by atoms with Gasteiger partial charge in [-0.25, -0.2) is 4.39 Å². The molecule has 2 rings (SSSR count). The molecule has 0 amide bonds. The van der Waals surface area contributed by atoms with E-state index in [1.165, 1.54) is 24.3 Å². The van der Waals surface area contributed by atoms with Crippen molar-refractivity contribution in [1.82, 2.24) is 0 Å². The Balaban J connectivity index is 2.30. The average molecular weight is 284 g/mol. The number of hydrogen-bond acceptors (Lipinski definition) is 2. The Morgan fingerprint density at radius 2 is 1.60 bits per heavy atom. The standard InChI is InChI=1S/C14H8F4O2/c15-12-6-9(8-19)5-11(7-12)10-1-3-13(4-2-10)20-14(16,17)18/h1-8H. The Labute approximate surface area is 111 Å². The Morgan fingerprint density at radius 1 is 0.950 bits per heavy atom. The van der Waals surface area contributed by atoms with E-state index in [-0.39, 0.29) is 11.3 Å². The number of benzene rings is 2. The van der Waals surface area contributed by atoms with Crippen LogP contribution in [-0.4, -0.2) is 12.6 Å². The van der Waals surface area contributed by atoms with Gasteiger partial charge in [-0.3, -0.25) is 4.79 Å². The van der Waals surface area contributed by atoms with Crippen molar-refractivity contribution in [3.8, 4) is 16.9 Å². The Bertz CT molecular complexity index is 618. The predicted molar refractivity (Wildman–Crippen MR) is 63.9 cm³/mol. The fraction of sp³-hybridized carbons (Fsp3) is 0.0714. The van der Waals surface area contributed by atoms with E-state index in [1.807, 2.05) is 0 Å². The summed E-state index contributed by atoms with van der Waals surface area (Å²) in [5.74, 6) is -0.964. The van der Waals surface area contributed by atoms with Crippen molar-refractivity contribution in [1.29, 1.82) is 0 Å². The van der Waals surface area contributed by atoms with Crippen LogP contribution in [0.1, 0.15) is 10.4 Å². The van der Waals surface area contributed by atoms with E-state index in [1.54, 1.807) is 0 Å². The number of rotatable bonds is 3. The lowest BCUT2D eigenvalue weighted by atomic mass is 10.0. The van der Waals surface area contributed by atoms with Crippen molar-refractivity contribution in [2.24, 2.45) is 0 Å². The first kappa shape index (κ1) is 14.0. The maximum Gasteiger partial charge on any atom is 0.573 e. The van der Waals surface area contributed by atoms with Crippen molar-refractivity contribution in [2.45, 2.75) is 6.36 Å². The van der Waals surface area contributed by atoms with Crippen molar-refractivity contribution in [3.05, 3.63) is 53.8 Å². The highest BCUT2D eigenvalue weighted by Crippen LogP contribution is 2.27. The molecular weight excluding hydrogens is 276 g/mol. The molecule has 0 aromatic heterocycles. The third-order valence-corrected chi connectivity index (χ3v) is 2.48. The highest BCUT2D eigenvalue weighted by Gasteiger charge is 2.30. The predicted octanol–water partition coefficient (Wildman–Crippen LogP) is 4.20. The van der Waals surface area contributed by atoms with Crippen LogP contribution in [0.3, 0.4) is 0 Å². The van der Waals surface area contributed by atoms with E-state index >= 15 is 0 Å².